The summed E-state index contributed by atoms with van der Waals surface area (Å²) in [4.78, 5) is 4.73. The summed E-state index contributed by atoms with van der Waals surface area (Å²) < 4.78 is 10.8. The lowest BCUT2D eigenvalue weighted by molar-refractivity contribution is 0.397. The van der Waals surface area contributed by atoms with E-state index in [9.17, 15) is 0 Å². The van der Waals surface area contributed by atoms with Crippen LogP contribution in [-0.4, -0.2) is 26.3 Å². The van der Waals surface area contributed by atoms with Crippen LogP contribution in [0.2, 0.25) is 0 Å². The first-order valence-corrected chi connectivity index (χ1v) is 6.39. The van der Waals surface area contributed by atoms with Crippen molar-refractivity contribution in [1.29, 1.82) is 0 Å². The van der Waals surface area contributed by atoms with E-state index >= 15 is 0 Å². The second kappa shape index (κ2) is 5.34. The number of hydrogen-bond acceptors (Lipinski definition) is 4. The standard InChI is InChI=1S/C15H20N2O2/c1-6-12-9(2)14(16-3)11-7-10(18-4)8-13(19-5)15(11)17-12/h7-8H,6H2,1-5H3,(H,16,17). The van der Waals surface area contributed by atoms with Crippen molar-refractivity contribution in [1.82, 2.24) is 4.98 Å². The highest BCUT2D eigenvalue weighted by Crippen LogP contribution is 2.36. The number of nitrogens with zero attached hydrogens (tertiary/aromatic N) is 1. The summed E-state index contributed by atoms with van der Waals surface area (Å²) in [5.74, 6) is 1.51. The Balaban J connectivity index is 2.89. The minimum atomic E-state index is 0.737. The first kappa shape index (κ1) is 13.5. The zero-order chi connectivity index (χ0) is 14.0. The molecular weight excluding hydrogens is 240 g/mol. The van der Waals surface area contributed by atoms with Crippen LogP contribution >= 0.6 is 0 Å². The molecule has 0 saturated heterocycles. The molecule has 0 spiro atoms. The second-order valence-electron chi connectivity index (χ2n) is 4.39. The summed E-state index contributed by atoms with van der Waals surface area (Å²) in [6, 6.07) is 3.85. The second-order valence-corrected chi connectivity index (χ2v) is 4.39. The van der Waals surface area contributed by atoms with E-state index in [2.05, 4.69) is 19.2 Å². The Bertz CT molecular complexity index is 609. The van der Waals surface area contributed by atoms with Crippen molar-refractivity contribution in [3.8, 4) is 11.5 Å². The molecule has 102 valence electrons. The van der Waals surface area contributed by atoms with Crippen molar-refractivity contribution >= 4 is 16.6 Å². The van der Waals surface area contributed by atoms with Gasteiger partial charge in [0.2, 0.25) is 0 Å². The van der Waals surface area contributed by atoms with Crippen LogP contribution in [0.4, 0.5) is 5.69 Å². The third-order valence-electron chi connectivity index (χ3n) is 3.41. The molecule has 19 heavy (non-hydrogen) atoms. The molecule has 1 aromatic carbocycles. The summed E-state index contributed by atoms with van der Waals surface area (Å²) in [7, 11) is 5.23. The van der Waals surface area contributed by atoms with E-state index < -0.39 is 0 Å². The van der Waals surface area contributed by atoms with Gasteiger partial charge >= 0.3 is 0 Å². The Morgan fingerprint density at radius 3 is 2.47 bits per heavy atom. The molecule has 0 saturated carbocycles. The summed E-state index contributed by atoms with van der Waals surface area (Å²) in [5, 5.41) is 4.29. The van der Waals surface area contributed by atoms with Gasteiger partial charge in [-0.1, -0.05) is 6.92 Å². The van der Waals surface area contributed by atoms with Gasteiger partial charge in [0.25, 0.3) is 0 Å². The zero-order valence-corrected chi connectivity index (χ0v) is 12.1. The molecule has 1 heterocycles. The van der Waals surface area contributed by atoms with Gasteiger partial charge in [0.1, 0.15) is 17.0 Å². The lowest BCUT2D eigenvalue weighted by atomic mass is 10.0. The summed E-state index contributed by atoms with van der Waals surface area (Å²) in [5.41, 5.74) is 4.21. The highest BCUT2D eigenvalue weighted by atomic mass is 16.5. The fourth-order valence-electron chi connectivity index (χ4n) is 2.39. The van der Waals surface area contributed by atoms with Crippen LogP contribution in [0.1, 0.15) is 18.2 Å². The smallest absolute Gasteiger partial charge is 0.148 e. The topological polar surface area (TPSA) is 43.4 Å². The minimum Gasteiger partial charge on any atom is -0.497 e. The van der Waals surface area contributed by atoms with Crippen LogP contribution in [0.25, 0.3) is 10.9 Å². The summed E-state index contributed by atoms with van der Waals surface area (Å²) in [6.07, 6.45) is 0.894. The van der Waals surface area contributed by atoms with Crippen LogP contribution in [0.5, 0.6) is 11.5 Å². The number of fused-ring (bicyclic) bond motifs is 1. The predicted octanol–water partition coefficient (Wildman–Crippen LogP) is 3.16. The van der Waals surface area contributed by atoms with Gasteiger partial charge in [0.05, 0.1) is 14.2 Å². The number of rotatable bonds is 4. The van der Waals surface area contributed by atoms with Crippen LogP contribution in [0.15, 0.2) is 12.1 Å². The molecule has 2 aromatic rings. The summed E-state index contributed by atoms with van der Waals surface area (Å²) in [6.45, 7) is 4.19. The molecule has 1 aromatic heterocycles. The van der Waals surface area contributed by atoms with Crippen molar-refractivity contribution in [2.24, 2.45) is 0 Å². The average Bonchev–Trinajstić information content (AvgIpc) is 2.45. The first-order chi connectivity index (χ1) is 9.15. The third-order valence-corrected chi connectivity index (χ3v) is 3.41. The molecule has 0 fully saturated rings. The third kappa shape index (κ3) is 2.18. The number of pyridine rings is 1. The molecule has 0 atom stereocenters. The molecular formula is C15H20N2O2. The van der Waals surface area contributed by atoms with Crippen molar-refractivity contribution in [2.45, 2.75) is 20.3 Å². The van der Waals surface area contributed by atoms with Crippen molar-refractivity contribution < 1.29 is 9.47 Å². The highest BCUT2D eigenvalue weighted by Gasteiger charge is 2.14. The van der Waals surface area contributed by atoms with E-state index in [1.165, 1.54) is 5.56 Å². The maximum atomic E-state index is 5.44. The number of anilines is 1. The minimum absolute atomic E-state index is 0.737. The van der Waals surface area contributed by atoms with E-state index in [-0.39, 0.29) is 0 Å². The van der Waals surface area contributed by atoms with Crippen LogP contribution in [0.3, 0.4) is 0 Å². The molecule has 0 radical (unpaired) electrons. The Kier molecular flexibility index (Phi) is 3.79. The monoisotopic (exact) mass is 260 g/mol. The van der Waals surface area contributed by atoms with Crippen molar-refractivity contribution in [2.75, 3.05) is 26.6 Å². The molecule has 0 aliphatic heterocycles. The van der Waals surface area contributed by atoms with E-state index in [1.54, 1.807) is 14.2 Å². The molecule has 4 heteroatoms. The van der Waals surface area contributed by atoms with Crippen LogP contribution < -0.4 is 14.8 Å². The van der Waals surface area contributed by atoms with Crippen LogP contribution in [-0.2, 0) is 6.42 Å². The number of methoxy groups -OCH3 is 2. The fourth-order valence-corrected chi connectivity index (χ4v) is 2.39. The highest BCUT2D eigenvalue weighted by molar-refractivity contribution is 5.97. The quantitative estimate of drug-likeness (QED) is 0.917. The average molecular weight is 260 g/mol. The molecule has 1 N–H and O–H groups in total. The Morgan fingerprint density at radius 2 is 1.95 bits per heavy atom. The van der Waals surface area contributed by atoms with Gasteiger partial charge in [-0.25, -0.2) is 4.98 Å². The maximum absolute atomic E-state index is 5.44. The Hall–Kier alpha value is -1.97. The van der Waals surface area contributed by atoms with E-state index in [0.29, 0.717) is 0 Å². The molecule has 2 rings (SSSR count). The van der Waals surface area contributed by atoms with Gasteiger partial charge in [-0.2, -0.15) is 0 Å². The van der Waals surface area contributed by atoms with Gasteiger partial charge in [-0.15, -0.1) is 0 Å². The van der Waals surface area contributed by atoms with E-state index in [0.717, 1.165) is 40.2 Å². The number of benzene rings is 1. The predicted molar refractivity (Wildman–Crippen MR) is 78.5 cm³/mol. The van der Waals surface area contributed by atoms with E-state index in [1.807, 2.05) is 19.2 Å². The summed E-state index contributed by atoms with van der Waals surface area (Å²) >= 11 is 0. The number of aryl methyl sites for hydroxylation is 1. The van der Waals surface area contributed by atoms with Crippen LogP contribution in [0, 0.1) is 6.92 Å². The zero-order valence-electron chi connectivity index (χ0n) is 12.1. The van der Waals surface area contributed by atoms with Crippen molar-refractivity contribution in [3.05, 3.63) is 23.4 Å². The number of aromatic nitrogens is 1. The lowest BCUT2D eigenvalue weighted by Crippen LogP contribution is -2.02. The maximum Gasteiger partial charge on any atom is 0.148 e. The normalized spacial score (nSPS) is 10.6. The van der Waals surface area contributed by atoms with Gasteiger partial charge in [0.15, 0.2) is 0 Å². The number of ether oxygens (including phenoxy) is 2. The molecule has 0 unspecified atom stereocenters. The lowest BCUT2D eigenvalue weighted by Gasteiger charge is -2.16. The van der Waals surface area contributed by atoms with Gasteiger partial charge in [-0.05, 0) is 25.0 Å². The molecule has 0 aliphatic carbocycles. The largest absolute Gasteiger partial charge is 0.497 e. The number of hydrogen-bond donors (Lipinski definition) is 1. The molecule has 4 nitrogen and oxygen atoms in total. The molecule has 0 amide bonds. The molecule has 0 bridgehead atoms. The SMILES string of the molecule is CCc1nc2c(OC)cc(OC)cc2c(NC)c1C. The van der Waals surface area contributed by atoms with Gasteiger partial charge in [0, 0.05) is 29.9 Å². The Labute approximate surface area is 113 Å². The van der Waals surface area contributed by atoms with E-state index in [4.69, 9.17) is 14.5 Å². The van der Waals surface area contributed by atoms with Gasteiger partial charge < -0.3 is 14.8 Å². The van der Waals surface area contributed by atoms with Gasteiger partial charge in [-0.3, -0.25) is 0 Å². The Morgan fingerprint density at radius 1 is 1.21 bits per heavy atom. The molecule has 0 aliphatic rings. The van der Waals surface area contributed by atoms with Crippen molar-refractivity contribution in [3.63, 3.8) is 0 Å². The first-order valence-electron chi connectivity index (χ1n) is 6.39. The fraction of sp³-hybridized carbons (Fsp3) is 0.400. The number of nitrogens with one attached hydrogen (secondary N) is 1.